The lowest BCUT2D eigenvalue weighted by Crippen LogP contribution is -1.95. The second-order valence-electron chi connectivity index (χ2n) is 7.68. The normalized spacial score (nSPS) is 12.4. The summed E-state index contributed by atoms with van der Waals surface area (Å²) in [5.41, 5.74) is 2.24. The average molecular weight is 381 g/mol. The van der Waals surface area contributed by atoms with Crippen molar-refractivity contribution in [2.24, 2.45) is 5.92 Å². The molecule has 0 saturated heterocycles. The highest BCUT2D eigenvalue weighted by Gasteiger charge is 2.03. The molecule has 1 aromatic carbocycles. The van der Waals surface area contributed by atoms with Crippen LogP contribution in [-0.2, 0) is 6.42 Å². The molecular formula is C25H36N2O. The third-order valence-electron chi connectivity index (χ3n) is 5.20. The topological polar surface area (TPSA) is 35.0 Å². The van der Waals surface area contributed by atoms with Crippen molar-refractivity contribution in [2.75, 3.05) is 0 Å². The molecular weight excluding hydrogens is 344 g/mol. The van der Waals surface area contributed by atoms with E-state index in [2.05, 4.69) is 36.8 Å². The van der Waals surface area contributed by atoms with Crippen molar-refractivity contribution >= 4 is 0 Å². The molecule has 3 nitrogen and oxygen atoms in total. The zero-order valence-electron chi connectivity index (χ0n) is 17.9. The number of benzene rings is 1. The first kappa shape index (κ1) is 22.1. The van der Waals surface area contributed by atoms with E-state index >= 15 is 0 Å². The van der Waals surface area contributed by atoms with E-state index in [1.165, 1.54) is 50.5 Å². The van der Waals surface area contributed by atoms with Crippen molar-refractivity contribution in [1.29, 1.82) is 0 Å². The highest BCUT2D eigenvalue weighted by Crippen LogP contribution is 2.20. The van der Waals surface area contributed by atoms with Gasteiger partial charge in [-0.3, -0.25) is 0 Å². The van der Waals surface area contributed by atoms with Crippen LogP contribution >= 0.6 is 0 Å². The summed E-state index contributed by atoms with van der Waals surface area (Å²) in [5.74, 6) is 2.44. The van der Waals surface area contributed by atoms with Crippen molar-refractivity contribution in [1.82, 2.24) is 9.97 Å². The molecule has 28 heavy (non-hydrogen) atoms. The maximum absolute atomic E-state index is 5.65. The van der Waals surface area contributed by atoms with Crippen LogP contribution < -0.4 is 4.74 Å². The zero-order valence-corrected chi connectivity index (χ0v) is 17.9. The van der Waals surface area contributed by atoms with E-state index in [-0.39, 0.29) is 0 Å². The predicted octanol–water partition coefficient (Wildman–Crippen LogP) is 7.38. The molecule has 0 saturated carbocycles. The molecule has 0 unspecified atom stereocenters. The van der Waals surface area contributed by atoms with Gasteiger partial charge in [0.2, 0.25) is 0 Å². The number of ether oxygens (including phenoxy) is 1. The lowest BCUT2D eigenvalue weighted by atomic mass is 10.00. The van der Waals surface area contributed by atoms with Crippen molar-refractivity contribution in [3.8, 4) is 17.1 Å². The molecule has 1 heterocycles. The maximum atomic E-state index is 5.65. The van der Waals surface area contributed by atoms with Crippen molar-refractivity contribution in [2.45, 2.75) is 78.6 Å². The molecule has 2 rings (SSSR count). The summed E-state index contributed by atoms with van der Waals surface area (Å²) in [6, 6.07) is 7.97. The Morgan fingerprint density at radius 1 is 0.964 bits per heavy atom. The van der Waals surface area contributed by atoms with Crippen LogP contribution in [0.25, 0.3) is 11.4 Å². The summed E-state index contributed by atoms with van der Waals surface area (Å²) in [7, 11) is 0. The van der Waals surface area contributed by atoms with Gasteiger partial charge in [0.1, 0.15) is 5.75 Å². The van der Waals surface area contributed by atoms with Gasteiger partial charge in [-0.2, -0.15) is 0 Å². The van der Waals surface area contributed by atoms with Gasteiger partial charge in [0, 0.05) is 18.0 Å². The lowest BCUT2D eigenvalue weighted by molar-refractivity contribution is 0.478. The lowest BCUT2D eigenvalue weighted by Gasteiger charge is -2.07. The van der Waals surface area contributed by atoms with Crippen LogP contribution in [0, 0.1) is 5.92 Å². The van der Waals surface area contributed by atoms with Crippen molar-refractivity contribution in [3.05, 3.63) is 54.6 Å². The van der Waals surface area contributed by atoms with Gasteiger partial charge in [0.25, 0.3) is 0 Å². The summed E-state index contributed by atoms with van der Waals surface area (Å²) in [5, 5.41) is 0. The SMILES string of the molecule is CCCCC/C=C/Oc1ccc(-c2ncc(CCCC[C@@H](C)CC)cn2)cc1. The predicted molar refractivity (Wildman–Crippen MR) is 118 cm³/mol. The minimum Gasteiger partial charge on any atom is -0.465 e. The maximum Gasteiger partial charge on any atom is 0.159 e. The van der Waals surface area contributed by atoms with E-state index in [9.17, 15) is 0 Å². The standard InChI is InChI=1S/C25H36N2O/c1-4-6-7-8-11-18-28-24-16-14-23(15-17-24)25-26-19-22(20-27-25)13-10-9-12-21(3)5-2/h11,14-21H,4-10,12-13H2,1-3H3/b18-11+/t21-/m0/s1. The monoisotopic (exact) mass is 380 g/mol. The summed E-state index contributed by atoms with van der Waals surface area (Å²) in [6.45, 7) is 6.81. The van der Waals surface area contributed by atoms with Crippen LogP contribution in [-0.4, -0.2) is 9.97 Å². The molecule has 0 N–H and O–H groups in total. The fourth-order valence-electron chi connectivity index (χ4n) is 3.05. The van der Waals surface area contributed by atoms with Gasteiger partial charge in [-0.05, 0) is 67.5 Å². The van der Waals surface area contributed by atoms with E-state index in [1.807, 2.05) is 36.7 Å². The quantitative estimate of drug-likeness (QED) is 0.269. The number of aromatic nitrogens is 2. The first-order valence-electron chi connectivity index (χ1n) is 11.0. The smallest absolute Gasteiger partial charge is 0.159 e. The van der Waals surface area contributed by atoms with Gasteiger partial charge in [0.05, 0.1) is 6.26 Å². The second kappa shape index (κ2) is 13.1. The van der Waals surface area contributed by atoms with E-state index in [4.69, 9.17) is 4.74 Å². The summed E-state index contributed by atoms with van der Waals surface area (Å²) >= 11 is 0. The van der Waals surface area contributed by atoms with Gasteiger partial charge in [-0.15, -0.1) is 0 Å². The average Bonchev–Trinajstić information content (AvgIpc) is 2.74. The van der Waals surface area contributed by atoms with Crippen LogP contribution in [0.5, 0.6) is 5.75 Å². The Morgan fingerprint density at radius 2 is 1.71 bits per heavy atom. The van der Waals surface area contributed by atoms with Crippen LogP contribution in [0.15, 0.2) is 49.0 Å². The van der Waals surface area contributed by atoms with E-state index in [1.54, 1.807) is 6.26 Å². The Morgan fingerprint density at radius 3 is 2.39 bits per heavy atom. The van der Waals surface area contributed by atoms with Gasteiger partial charge < -0.3 is 4.74 Å². The Balaban J connectivity index is 1.78. The molecule has 0 aliphatic heterocycles. The number of allylic oxidation sites excluding steroid dienone is 1. The number of nitrogens with zero attached hydrogens (tertiary/aromatic N) is 2. The Bertz CT molecular complexity index is 677. The molecule has 0 amide bonds. The van der Waals surface area contributed by atoms with Crippen LogP contribution in [0.2, 0.25) is 0 Å². The third-order valence-corrected chi connectivity index (χ3v) is 5.20. The van der Waals surface area contributed by atoms with Gasteiger partial charge in [-0.25, -0.2) is 9.97 Å². The van der Waals surface area contributed by atoms with E-state index < -0.39 is 0 Å². The van der Waals surface area contributed by atoms with Gasteiger partial charge in [-0.1, -0.05) is 52.9 Å². The van der Waals surface area contributed by atoms with Gasteiger partial charge >= 0.3 is 0 Å². The number of hydrogen-bond acceptors (Lipinski definition) is 3. The largest absolute Gasteiger partial charge is 0.465 e. The van der Waals surface area contributed by atoms with Crippen LogP contribution in [0.3, 0.4) is 0 Å². The van der Waals surface area contributed by atoms with Gasteiger partial charge in [0.15, 0.2) is 5.82 Å². The minimum atomic E-state index is 0.769. The number of rotatable bonds is 13. The fourth-order valence-corrected chi connectivity index (χ4v) is 3.05. The Kier molecular flexibility index (Phi) is 10.3. The summed E-state index contributed by atoms with van der Waals surface area (Å²) in [6.07, 6.45) is 18.8. The molecule has 0 aliphatic rings. The van der Waals surface area contributed by atoms with Crippen molar-refractivity contribution in [3.63, 3.8) is 0 Å². The summed E-state index contributed by atoms with van der Waals surface area (Å²) in [4.78, 5) is 9.09. The molecule has 3 heteroatoms. The highest BCUT2D eigenvalue weighted by molar-refractivity contribution is 5.55. The molecule has 152 valence electrons. The molecule has 2 aromatic rings. The summed E-state index contributed by atoms with van der Waals surface area (Å²) < 4.78 is 5.65. The minimum absolute atomic E-state index is 0.769. The molecule has 0 radical (unpaired) electrons. The molecule has 0 aliphatic carbocycles. The number of hydrogen-bond donors (Lipinski definition) is 0. The second-order valence-corrected chi connectivity index (χ2v) is 7.68. The zero-order chi connectivity index (χ0) is 20.0. The number of unbranched alkanes of at least 4 members (excludes halogenated alkanes) is 4. The first-order valence-corrected chi connectivity index (χ1v) is 11.0. The van der Waals surface area contributed by atoms with Crippen LogP contribution in [0.4, 0.5) is 0 Å². The third kappa shape index (κ3) is 8.24. The number of aryl methyl sites for hydroxylation is 1. The molecule has 1 atom stereocenters. The van der Waals surface area contributed by atoms with E-state index in [0.29, 0.717) is 0 Å². The van der Waals surface area contributed by atoms with Crippen LogP contribution in [0.1, 0.15) is 77.7 Å². The Labute approximate surface area is 171 Å². The molecule has 1 aromatic heterocycles. The molecule has 0 spiro atoms. The van der Waals surface area contributed by atoms with Crippen molar-refractivity contribution < 1.29 is 4.74 Å². The van der Waals surface area contributed by atoms with E-state index in [0.717, 1.165) is 35.9 Å². The fraction of sp³-hybridized carbons (Fsp3) is 0.520. The highest BCUT2D eigenvalue weighted by atomic mass is 16.5. The Hall–Kier alpha value is -2.16. The molecule has 0 bridgehead atoms. The first-order chi connectivity index (χ1) is 13.7. The molecule has 0 fully saturated rings.